The number of fused-ring (bicyclic) bond motifs is 1. The fourth-order valence-corrected chi connectivity index (χ4v) is 2.93. The van der Waals surface area contributed by atoms with Gasteiger partial charge in [-0.05, 0) is 19.1 Å². The Hall–Kier alpha value is -1.79. The van der Waals surface area contributed by atoms with E-state index in [4.69, 9.17) is 15.2 Å². The van der Waals surface area contributed by atoms with Crippen LogP contribution < -0.4 is 15.8 Å². The number of nitrogens with two attached hydrogens (primary N) is 1. The summed E-state index contributed by atoms with van der Waals surface area (Å²) in [6.45, 7) is 2.33. The minimum absolute atomic E-state index is 0.0379. The van der Waals surface area contributed by atoms with Gasteiger partial charge in [-0.15, -0.1) is 11.3 Å². The molecule has 1 aromatic carbocycles. The quantitative estimate of drug-likeness (QED) is 0.887. The van der Waals surface area contributed by atoms with Gasteiger partial charge in [0.25, 0.3) is 5.91 Å². The van der Waals surface area contributed by atoms with Crippen LogP contribution in [0.5, 0.6) is 5.75 Å². The molecule has 0 saturated heterocycles. The molecule has 0 aliphatic heterocycles. The molecule has 2 aromatic rings. The number of methoxy groups -OCH3 is 2. The summed E-state index contributed by atoms with van der Waals surface area (Å²) >= 11 is 1.36. The number of nitrogen functional groups attached to an aromatic ring is 1. The molecule has 5 nitrogen and oxygen atoms in total. The summed E-state index contributed by atoms with van der Waals surface area (Å²) in [5, 5.41) is 3.61. The van der Waals surface area contributed by atoms with Crippen molar-refractivity contribution in [2.45, 2.75) is 13.0 Å². The molecule has 0 saturated carbocycles. The number of hydrogen-bond donors (Lipinski definition) is 2. The Morgan fingerprint density at radius 2 is 2.20 bits per heavy atom. The molecule has 108 valence electrons. The van der Waals surface area contributed by atoms with Crippen LogP contribution in [0, 0.1) is 0 Å². The van der Waals surface area contributed by atoms with Crippen molar-refractivity contribution in [3.05, 3.63) is 23.1 Å². The molecule has 0 fully saturated rings. The van der Waals surface area contributed by atoms with Crippen molar-refractivity contribution < 1.29 is 14.3 Å². The van der Waals surface area contributed by atoms with Gasteiger partial charge in [-0.2, -0.15) is 0 Å². The molecule has 1 unspecified atom stereocenters. The van der Waals surface area contributed by atoms with E-state index < -0.39 is 0 Å². The van der Waals surface area contributed by atoms with Crippen LogP contribution in [-0.4, -0.2) is 32.8 Å². The van der Waals surface area contributed by atoms with Crippen molar-refractivity contribution in [1.82, 2.24) is 5.32 Å². The Bertz CT molecular complexity index is 624. The molecule has 1 aromatic heterocycles. The van der Waals surface area contributed by atoms with Crippen LogP contribution in [0.4, 0.5) is 5.69 Å². The third kappa shape index (κ3) is 2.71. The predicted molar refractivity (Wildman–Crippen MR) is 81.6 cm³/mol. The van der Waals surface area contributed by atoms with E-state index in [0.29, 0.717) is 22.9 Å². The lowest BCUT2D eigenvalue weighted by Crippen LogP contribution is -2.31. The molecule has 0 spiro atoms. The highest BCUT2D eigenvalue weighted by Gasteiger charge is 2.19. The van der Waals surface area contributed by atoms with Crippen molar-refractivity contribution in [3.8, 4) is 5.75 Å². The molecule has 0 bridgehead atoms. The fourth-order valence-electron chi connectivity index (χ4n) is 1.88. The highest BCUT2D eigenvalue weighted by atomic mass is 32.1. The lowest BCUT2D eigenvalue weighted by molar-refractivity contribution is 0.0874. The zero-order valence-corrected chi connectivity index (χ0v) is 12.5. The summed E-state index contributed by atoms with van der Waals surface area (Å²) in [4.78, 5) is 12.7. The van der Waals surface area contributed by atoms with E-state index in [-0.39, 0.29) is 12.0 Å². The van der Waals surface area contributed by atoms with Gasteiger partial charge in [0.15, 0.2) is 0 Å². The molecule has 20 heavy (non-hydrogen) atoms. The van der Waals surface area contributed by atoms with E-state index in [1.807, 2.05) is 25.1 Å². The van der Waals surface area contributed by atoms with Crippen molar-refractivity contribution in [2.24, 2.45) is 0 Å². The fraction of sp³-hybridized carbons (Fsp3) is 0.357. The standard InChI is InChI=1S/C14H18N2O3S/c1-8(18-2)7-16-14(17)13-12(15)11-9(19-3)5-4-6-10(11)20-13/h4-6,8H,7,15H2,1-3H3,(H,16,17). The number of ether oxygens (including phenoxy) is 2. The minimum atomic E-state index is -0.186. The van der Waals surface area contributed by atoms with Gasteiger partial charge >= 0.3 is 0 Å². The Labute approximate surface area is 121 Å². The lowest BCUT2D eigenvalue weighted by atomic mass is 10.2. The molecule has 1 atom stereocenters. The Balaban J connectivity index is 2.31. The monoisotopic (exact) mass is 294 g/mol. The topological polar surface area (TPSA) is 73.6 Å². The summed E-state index contributed by atoms with van der Waals surface area (Å²) in [5.74, 6) is 0.496. The van der Waals surface area contributed by atoms with Crippen LogP contribution in [0.25, 0.3) is 10.1 Å². The summed E-state index contributed by atoms with van der Waals surface area (Å²) < 4.78 is 11.3. The summed E-state index contributed by atoms with van der Waals surface area (Å²) in [6.07, 6.45) is -0.0379. The first-order valence-electron chi connectivity index (χ1n) is 6.24. The zero-order chi connectivity index (χ0) is 14.7. The van der Waals surface area contributed by atoms with Crippen molar-refractivity contribution in [1.29, 1.82) is 0 Å². The van der Waals surface area contributed by atoms with Crippen LogP contribution in [0.15, 0.2) is 18.2 Å². The molecule has 6 heteroatoms. The number of carbonyl (C=O) groups is 1. The van der Waals surface area contributed by atoms with Crippen LogP contribution >= 0.6 is 11.3 Å². The maximum atomic E-state index is 12.2. The van der Waals surface area contributed by atoms with Crippen LogP contribution in [0.1, 0.15) is 16.6 Å². The Kier molecular flexibility index (Phi) is 4.46. The zero-order valence-electron chi connectivity index (χ0n) is 11.7. The molecule has 1 amide bonds. The van der Waals surface area contributed by atoms with Gasteiger partial charge in [-0.25, -0.2) is 0 Å². The van der Waals surface area contributed by atoms with Crippen LogP contribution in [0.3, 0.4) is 0 Å². The predicted octanol–water partition coefficient (Wildman–Crippen LogP) is 2.26. The van der Waals surface area contributed by atoms with Gasteiger partial charge in [0.05, 0.1) is 24.3 Å². The number of anilines is 1. The molecule has 2 rings (SSSR count). The number of carbonyl (C=O) groups excluding carboxylic acids is 1. The minimum Gasteiger partial charge on any atom is -0.496 e. The van der Waals surface area contributed by atoms with Crippen molar-refractivity contribution in [3.63, 3.8) is 0 Å². The van der Waals surface area contributed by atoms with Crippen molar-refractivity contribution >= 4 is 33.0 Å². The summed E-state index contributed by atoms with van der Waals surface area (Å²) in [5.41, 5.74) is 6.56. The van der Waals surface area contributed by atoms with Gasteiger partial charge in [-0.1, -0.05) is 6.07 Å². The second kappa shape index (κ2) is 6.11. The summed E-state index contributed by atoms with van der Waals surface area (Å²) in [7, 11) is 3.20. The molecular formula is C14H18N2O3S. The number of thiophene rings is 1. The normalized spacial score (nSPS) is 12.3. The van der Waals surface area contributed by atoms with E-state index in [0.717, 1.165) is 10.1 Å². The van der Waals surface area contributed by atoms with Crippen LogP contribution in [0.2, 0.25) is 0 Å². The molecule has 1 heterocycles. The number of amides is 1. The van der Waals surface area contributed by atoms with Crippen LogP contribution in [-0.2, 0) is 4.74 Å². The second-order valence-electron chi connectivity index (χ2n) is 4.43. The van der Waals surface area contributed by atoms with Gasteiger partial charge in [-0.3, -0.25) is 4.79 Å². The average molecular weight is 294 g/mol. The SMILES string of the molecule is COc1cccc2sc(C(=O)NCC(C)OC)c(N)c12. The maximum absolute atomic E-state index is 12.2. The number of nitrogens with one attached hydrogen (secondary N) is 1. The maximum Gasteiger partial charge on any atom is 0.263 e. The lowest BCUT2D eigenvalue weighted by Gasteiger charge is -2.10. The van der Waals surface area contributed by atoms with Gasteiger partial charge in [0.2, 0.25) is 0 Å². The van der Waals surface area contributed by atoms with E-state index in [1.165, 1.54) is 11.3 Å². The third-order valence-electron chi connectivity index (χ3n) is 3.09. The summed E-state index contributed by atoms with van der Waals surface area (Å²) in [6, 6.07) is 5.64. The molecule has 3 N–H and O–H groups in total. The van der Waals surface area contributed by atoms with E-state index >= 15 is 0 Å². The smallest absolute Gasteiger partial charge is 0.263 e. The van der Waals surface area contributed by atoms with Gasteiger partial charge in [0, 0.05) is 18.4 Å². The average Bonchev–Trinajstić information content (AvgIpc) is 2.81. The molecule has 0 radical (unpaired) electrons. The molecule has 0 aliphatic carbocycles. The largest absolute Gasteiger partial charge is 0.496 e. The number of hydrogen-bond acceptors (Lipinski definition) is 5. The first kappa shape index (κ1) is 14.6. The van der Waals surface area contributed by atoms with Gasteiger partial charge in [0.1, 0.15) is 10.6 Å². The van der Waals surface area contributed by atoms with E-state index in [1.54, 1.807) is 14.2 Å². The highest BCUT2D eigenvalue weighted by Crippen LogP contribution is 2.39. The molecular weight excluding hydrogens is 276 g/mol. The van der Waals surface area contributed by atoms with Gasteiger partial charge < -0.3 is 20.5 Å². The Morgan fingerprint density at radius 3 is 2.85 bits per heavy atom. The number of rotatable bonds is 5. The van der Waals surface area contributed by atoms with E-state index in [9.17, 15) is 4.79 Å². The third-order valence-corrected chi connectivity index (χ3v) is 4.26. The first-order valence-corrected chi connectivity index (χ1v) is 7.06. The molecule has 0 aliphatic rings. The first-order chi connectivity index (χ1) is 9.58. The Morgan fingerprint density at radius 1 is 1.45 bits per heavy atom. The highest BCUT2D eigenvalue weighted by molar-refractivity contribution is 7.21. The number of benzene rings is 1. The van der Waals surface area contributed by atoms with E-state index in [2.05, 4.69) is 5.32 Å². The second-order valence-corrected chi connectivity index (χ2v) is 5.49. The van der Waals surface area contributed by atoms with Crippen molar-refractivity contribution in [2.75, 3.05) is 26.5 Å².